The van der Waals surface area contributed by atoms with Crippen molar-refractivity contribution in [1.29, 1.82) is 0 Å². The highest BCUT2D eigenvalue weighted by atomic mass is 16.5. The second-order valence-electron chi connectivity index (χ2n) is 8.18. The van der Waals surface area contributed by atoms with Crippen LogP contribution in [0.1, 0.15) is 74.7 Å². The summed E-state index contributed by atoms with van der Waals surface area (Å²) in [5.41, 5.74) is 1.28. The Bertz CT molecular complexity index is 686. The number of imidazole rings is 1. The van der Waals surface area contributed by atoms with Crippen molar-refractivity contribution in [2.24, 2.45) is 13.0 Å². The summed E-state index contributed by atoms with van der Waals surface area (Å²) in [5.74, 6) is 2.93. The van der Waals surface area contributed by atoms with E-state index in [1.54, 1.807) is 0 Å². The molecule has 2 aromatic heterocycles. The van der Waals surface area contributed by atoms with Gasteiger partial charge in [-0.3, -0.25) is 4.90 Å². The molecule has 1 aliphatic heterocycles. The van der Waals surface area contributed by atoms with Gasteiger partial charge in [0.15, 0.2) is 5.82 Å². The zero-order valence-electron chi connectivity index (χ0n) is 15.9. The molecule has 6 heteroatoms. The van der Waals surface area contributed by atoms with Crippen LogP contribution < -0.4 is 0 Å². The van der Waals surface area contributed by atoms with Crippen LogP contribution in [0, 0.1) is 5.92 Å². The number of aromatic nitrogens is 4. The maximum Gasteiger partial charge on any atom is 0.226 e. The van der Waals surface area contributed by atoms with Crippen molar-refractivity contribution < 1.29 is 4.52 Å². The third-order valence-corrected chi connectivity index (χ3v) is 6.07. The zero-order chi connectivity index (χ0) is 17.8. The van der Waals surface area contributed by atoms with E-state index in [2.05, 4.69) is 26.7 Å². The zero-order valence-corrected chi connectivity index (χ0v) is 15.9. The number of hydrogen-bond acceptors (Lipinski definition) is 5. The molecule has 0 N–H and O–H groups in total. The third kappa shape index (κ3) is 4.34. The van der Waals surface area contributed by atoms with Crippen LogP contribution in [0.4, 0.5) is 0 Å². The maximum atomic E-state index is 5.63. The van der Waals surface area contributed by atoms with Gasteiger partial charge in [-0.25, -0.2) is 4.98 Å². The van der Waals surface area contributed by atoms with Crippen molar-refractivity contribution in [2.45, 2.75) is 70.3 Å². The highest BCUT2D eigenvalue weighted by Crippen LogP contribution is 2.30. The quantitative estimate of drug-likeness (QED) is 0.764. The van der Waals surface area contributed by atoms with Gasteiger partial charge in [0.25, 0.3) is 0 Å². The van der Waals surface area contributed by atoms with Gasteiger partial charge in [-0.15, -0.1) is 0 Å². The molecule has 142 valence electrons. The summed E-state index contributed by atoms with van der Waals surface area (Å²) < 4.78 is 7.74. The molecule has 1 saturated heterocycles. The smallest absolute Gasteiger partial charge is 0.226 e. The van der Waals surface area contributed by atoms with E-state index >= 15 is 0 Å². The standard InChI is InChI=1S/C20H31N5O/c1-24-15-21-12-18(24)14-25-10-6-7-16(13-25)11-19-22-20(23-26-19)17-8-4-2-3-5-9-17/h12,15-17H,2-11,13-14H2,1H3. The molecule has 0 radical (unpaired) electrons. The molecule has 26 heavy (non-hydrogen) atoms. The molecule has 0 spiro atoms. The molecule has 1 aliphatic carbocycles. The fraction of sp³-hybridized carbons (Fsp3) is 0.750. The lowest BCUT2D eigenvalue weighted by Crippen LogP contribution is -2.36. The Kier molecular flexibility index (Phi) is 5.68. The van der Waals surface area contributed by atoms with Crippen LogP contribution in [0.2, 0.25) is 0 Å². The van der Waals surface area contributed by atoms with Crippen LogP contribution in [0.3, 0.4) is 0 Å². The predicted octanol–water partition coefficient (Wildman–Crippen LogP) is 3.70. The van der Waals surface area contributed by atoms with Gasteiger partial charge in [-0.2, -0.15) is 4.98 Å². The molecule has 3 heterocycles. The highest BCUT2D eigenvalue weighted by Gasteiger charge is 2.25. The maximum absolute atomic E-state index is 5.63. The minimum Gasteiger partial charge on any atom is -0.339 e. The molecule has 0 bridgehead atoms. The topological polar surface area (TPSA) is 60.0 Å². The molecule has 1 unspecified atom stereocenters. The summed E-state index contributed by atoms with van der Waals surface area (Å²) in [6.45, 7) is 3.25. The van der Waals surface area contributed by atoms with E-state index in [0.717, 1.165) is 31.2 Å². The van der Waals surface area contributed by atoms with Gasteiger partial charge < -0.3 is 9.09 Å². The molecule has 2 aromatic rings. The number of nitrogens with zero attached hydrogens (tertiary/aromatic N) is 5. The van der Waals surface area contributed by atoms with E-state index < -0.39 is 0 Å². The Hall–Kier alpha value is -1.69. The van der Waals surface area contributed by atoms with Gasteiger partial charge in [0.1, 0.15) is 0 Å². The predicted molar refractivity (Wildman–Crippen MR) is 99.7 cm³/mol. The van der Waals surface area contributed by atoms with Crippen LogP contribution in [-0.4, -0.2) is 37.7 Å². The molecule has 6 nitrogen and oxygen atoms in total. The number of aryl methyl sites for hydroxylation is 1. The SMILES string of the molecule is Cn1cncc1CN1CCCC(Cc2nc(C3CCCCCC3)no2)C1. The lowest BCUT2D eigenvalue weighted by atomic mass is 9.94. The molecule has 4 rings (SSSR count). The summed E-state index contributed by atoms with van der Waals surface area (Å²) >= 11 is 0. The van der Waals surface area contributed by atoms with Crippen LogP contribution in [0.25, 0.3) is 0 Å². The van der Waals surface area contributed by atoms with Crippen molar-refractivity contribution in [3.05, 3.63) is 29.9 Å². The first kappa shape index (κ1) is 17.7. The number of rotatable bonds is 5. The molecular formula is C20H31N5O. The first-order valence-corrected chi connectivity index (χ1v) is 10.3. The molecule has 2 aliphatic rings. The minimum absolute atomic E-state index is 0.516. The number of hydrogen-bond donors (Lipinski definition) is 0. The largest absolute Gasteiger partial charge is 0.339 e. The average Bonchev–Trinajstić information content (AvgIpc) is 3.16. The Morgan fingerprint density at radius 2 is 1.96 bits per heavy atom. The lowest BCUT2D eigenvalue weighted by Gasteiger charge is -2.32. The summed E-state index contributed by atoms with van der Waals surface area (Å²) in [7, 11) is 2.07. The van der Waals surface area contributed by atoms with Crippen molar-refractivity contribution in [3.8, 4) is 0 Å². The number of piperidine rings is 1. The summed E-state index contributed by atoms with van der Waals surface area (Å²) in [6, 6.07) is 0. The first-order valence-electron chi connectivity index (χ1n) is 10.3. The Morgan fingerprint density at radius 1 is 1.12 bits per heavy atom. The molecule has 1 atom stereocenters. The Balaban J connectivity index is 1.33. The van der Waals surface area contributed by atoms with E-state index in [1.165, 1.54) is 63.6 Å². The Labute approximate surface area is 156 Å². The van der Waals surface area contributed by atoms with Gasteiger partial charge >= 0.3 is 0 Å². The van der Waals surface area contributed by atoms with E-state index in [0.29, 0.717) is 11.8 Å². The highest BCUT2D eigenvalue weighted by molar-refractivity contribution is 4.99. The van der Waals surface area contributed by atoms with Crippen molar-refractivity contribution in [2.75, 3.05) is 13.1 Å². The second-order valence-corrected chi connectivity index (χ2v) is 8.18. The average molecular weight is 358 g/mol. The summed E-state index contributed by atoms with van der Waals surface area (Å²) in [4.78, 5) is 11.5. The lowest BCUT2D eigenvalue weighted by molar-refractivity contribution is 0.157. The fourth-order valence-electron chi connectivity index (χ4n) is 4.53. The second kappa shape index (κ2) is 8.33. The van der Waals surface area contributed by atoms with Crippen molar-refractivity contribution >= 4 is 0 Å². The van der Waals surface area contributed by atoms with Crippen LogP contribution in [-0.2, 0) is 20.0 Å². The molecule has 2 fully saturated rings. The minimum atomic E-state index is 0.516. The van der Waals surface area contributed by atoms with Crippen LogP contribution in [0.5, 0.6) is 0 Å². The molecule has 0 amide bonds. The monoisotopic (exact) mass is 357 g/mol. The van der Waals surface area contributed by atoms with Crippen LogP contribution >= 0.6 is 0 Å². The first-order chi connectivity index (χ1) is 12.8. The normalized spacial score (nSPS) is 23.2. The van der Waals surface area contributed by atoms with E-state index in [4.69, 9.17) is 9.51 Å². The van der Waals surface area contributed by atoms with Gasteiger partial charge in [0.2, 0.25) is 5.89 Å². The van der Waals surface area contributed by atoms with Gasteiger partial charge in [-0.05, 0) is 38.1 Å². The summed E-state index contributed by atoms with van der Waals surface area (Å²) in [6.07, 6.45) is 15.0. The van der Waals surface area contributed by atoms with Gasteiger partial charge in [0.05, 0.1) is 12.0 Å². The third-order valence-electron chi connectivity index (χ3n) is 6.07. The van der Waals surface area contributed by atoms with E-state index in [-0.39, 0.29) is 0 Å². The Morgan fingerprint density at radius 3 is 2.73 bits per heavy atom. The summed E-state index contributed by atoms with van der Waals surface area (Å²) in [5, 5.41) is 4.33. The van der Waals surface area contributed by atoms with Gasteiger partial charge in [0, 0.05) is 38.7 Å². The van der Waals surface area contributed by atoms with Crippen LogP contribution in [0.15, 0.2) is 17.0 Å². The molecule has 1 saturated carbocycles. The van der Waals surface area contributed by atoms with E-state index in [9.17, 15) is 0 Å². The van der Waals surface area contributed by atoms with Gasteiger partial charge in [-0.1, -0.05) is 30.8 Å². The van der Waals surface area contributed by atoms with E-state index in [1.807, 2.05) is 12.5 Å². The molecular weight excluding hydrogens is 326 g/mol. The van der Waals surface area contributed by atoms with Crippen molar-refractivity contribution in [3.63, 3.8) is 0 Å². The number of likely N-dealkylation sites (tertiary alicyclic amines) is 1. The fourth-order valence-corrected chi connectivity index (χ4v) is 4.53. The van der Waals surface area contributed by atoms with Crippen molar-refractivity contribution in [1.82, 2.24) is 24.6 Å². The molecule has 0 aromatic carbocycles.